The third-order valence-corrected chi connectivity index (χ3v) is 1.74. The second-order valence-corrected chi connectivity index (χ2v) is 2.67. The average molecular weight is 249 g/mol. The van der Waals surface area contributed by atoms with E-state index in [2.05, 4.69) is 11.1 Å². The predicted molar refractivity (Wildman–Crippen MR) is 47.3 cm³/mol. The van der Waals surface area contributed by atoms with E-state index in [0.717, 1.165) is 31.0 Å². The molecule has 2 rings (SSSR count). The Morgan fingerprint density at radius 3 is 2.92 bits per heavy atom. The molecule has 0 N–H and O–H groups in total. The quantitative estimate of drug-likeness (QED) is 0.693. The first-order valence-electron chi connectivity index (χ1n) is 4.11. The molecular formula is C10H10NOY-. The molecule has 0 fully saturated rings. The van der Waals surface area contributed by atoms with Crippen LogP contribution in [0, 0.1) is 6.07 Å². The third kappa shape index (κ3) is 2.89. The second-order valence-electron chi connectivity index (χ2n) is 2.67. The van der Waals surface area contributed by atoms with Crippen LogP contribution in [0.25, 0.3) is 0 Å². The van der Waals surface area contributed by atoms with E-state index in [1.165, 1.54) is 0 Å². The van der Waals surface area contributed by atoms with Gasteiger partial charge in [-0.3, -0.25) is 4.99 Å². The monoisotopic (exact) mass is 249 g/mol. The van der Waals surface area contributed by atoms with Crippen molar-refractivity contribution in [2.45, 2.75) is 6.42 Å². The van der Waals surface area contributed by atoms with Gasteiger partial charge in [-0.15, -0.1) is 30.3 Å². The smallest absolute Gasteiger partial charge is 0.129 e. The maximum absolute atomic E-state index is 5.38. The predicted octanol–water partition coefficient (Wildman–Crippen LogP) is 1.65. The summed E-state index contributed by atoms with van der Waals surface area (Å²) in [5.41, 5.74) is 0.956. The Balaban J connectivity index is 0.000000845. The van der Waals surface area contributed by atoms with Crippen molar-refractivity contribution in [2.24, 2.45) is 4.99 Å². The van der Waals surface area contributed by atoms with Crippen molar-refractivity contribution in [2.75, 3.05) is 13.2 Å². The molecule has 13 heavy (non-hydrogen) atoms. The number of hydrogen-bond acceptors (Lipinski definition) is 2. The molecule has 1 aromatic carbocycles. The maximum atomic E-state index is 5.38. The summed E-state index contributed by atoms with van der Waals surface area (Å²) in [5, 5.41) is 0. The molecule has 1 aliphatic heterocycles. The van der Waals surface area contributed by atoms with Gasteiger partial charge in [0.25, 0.3) is 0 Å². The van der Waals surface area contributed by atoms with Crippen LogP contribution in [0.3, 0.4) is 0 Å². The molecule has 0 unspecified atom stereocenters. The first-order valence-corrected chi connectivity index (χ1v) is 4.11. The van der Waals surface area contributed by atoms with Gasteiger partial charge in [-0.2, -0.15) is 0 Å². The first-order chi connectivity index (χ1) is 5.97. The van der Waals surface area contributed by atoms with Gasteiger partial charge in [-0.25, -0.2) is 0 Å². The molecule has 0 aliphatic carbocycles. The van der Waals surface area contributed by atoms with Gasteiger partial charge in [-0.1, -0.05) is 5.56 Å². The van der Waals surface area contributed by atoms with Crippen molar-refractivity contribution >= 4 is 5.90 Å². The minimum absolute atomic E-state index is 0. The average Bonchev–Trinajstić information content (AvgIpc) is 2.21. The molecule has 0 amide bonds. The van der Waals surface area contributed by atoms with Crippen LogP contribution in [0.15, 0.2) is 29.3 Å². The van der Waals surface area contributed by atoms with E-state index < -0.39 is 0 Å². The Kier molecular flexibility index (Phi) is 4.61. The number of aliphatic imine (C=N–C) groups is 1. The third-order valence-electron chi connectivity index (χ3n) is 1.74. The molecule has 0 saturated carbocycles. The molecule has 0 bridgehead atoms. The number of ether oxygens (including phenoxy) is 1. The van der Waals surface area contributed by atoms with E-state index in [9.17, 15) is 0 Å². The van der Waals surface area contributed by atoms with E-state index in [1.54, 1.807) is 0 Å². The molecule has 0 saturated heterocycles. The van der Waals surface area contributed by atoms with Crippen LogP contribution in [-0.2, 0) is 37.4 Å². The minimum atomic E-state index is 0. The molecule has 1 aromatic rings. The summed E-state index contributed by atoms with van der Waals surface area (Å²) in [6.07, 6.45) is 1.02. The molecule has 0 atom stereocenters. The molecule has 2 nitrogen and oxygen atoms in total. The molecule has 3 heteroatoms. The zero-order valence-corrected chi connectivity index (χ0v) is 10.2. The summed E-state index contributed by atoms with van der Waals surface area (Å²) in [5.74, 6) is 0.738. The van der Waals surface area contributed by atoms with Gasteiger partial charge in [0.2, 0.25) is 0 Å². The van der Waals surface area contributed by atoms with Crippen molar-refractivity contribution in [3.8, 4) is 0 Å². The van der Waals surface area contributed by atoms with Gasteiger partial charge in [0.1, 0.15) is 5.90 Å². The van der Waals surface area contributed by atoms with E-state index in [1.807, 2.05) is 24.3 Å². The summed E-state index contributed by atoms with van der Waals surface area (Å²) < 4.78 is 5.38. The van der Waals surface area contributed by atoms with Gasteiger partial charge >= 0.3 is 0 Å². The Hall–Kier alpha value is -0.206. The second kappa shape index (κ2) is 5.51. The van der Waals surface area contributed by atoms with Crippen LogP contribution in [-0.4, -0.2) is 19.0 Å². The molecule has 0 aromatic heterocycles. The molecule has 1 radical (unpaired) electrons. The molecular weight excluding hydrogens is 239 g/mol. The van der Waals surface area contributed by atoms with Crippen LogP contribution >= 0.6 is 0 Å². The summed E-state index contributed by atoms with van der Waals surface area (Å²) in [4.78, 5) is 4.26. The fourth-order valence-corrected chi connectivity index (χ4v) is 1.15. The van der Waals surface area contributed by atoms with E-state index in [0.29, 0.717) is 0 Å². The first kappa shape index (κ1) is 10.9. The minimum Gasteiger partial charge on any atom is -0.520 e. The molecule has 65 valence electrons. The van der Waals surface area contributed by atoms with Crippen LogP contribution in [0.5, 0.6) is 0 Å². The van der Waals surface area contributed by atoms with Crippen LogP contribution in [0.4, 0.5) is 0 Å². The van der Waals surface area contributed by atoms with Gasteiger partial charge < -0.3 is 4.74 Å². The zero-order valence-electron chi connectivity index (χ0n) is 7.36. The fourth-order valence-electron chi connectivity index (χ4n) is 1.15. The fraction of sp³-hybridized carbons (Fsp3) is 0.300. The topological polar surface area (TPSA) is 21.6 Å². The number of rotatable bonds is 1. The summed E-state index contributed by atoms with van der Waals surface area (Å²) in [7, 11) is 0. The molecule has 1 heterocycles. The zero-order chi connectivity index (χ0) is 8.23. The van der Waals surface area contributed by atoms with Crippen molar-refractivity contribution < 1.29 is 37.4 Å². The summed E-state index contributed by atoms with van der Waals surface area (Å²) >= 11 is 0. The van der Waals surface area contributed by atoms with E-state index in [-0.39, 0.29) is 32.7 Å². The van der Waals surface area contributed by atoms with Gasteiger partial charge in [-0.05, 0) is 6.42 Å². The number of nitrogens with zero attached hydrogens (tertiary/aromatic N) is 1. The van der Waals surface area contributed by atoms with Crippen molar-refractivity contribution in [3.05, 3.63) is 35.9 Å². The normalized spacial score (nSPS) is 15.2. The van der Waals surface area contributed by atoms with Gasteiger partial charge in [0.05, 0.1) is 6.61 Å². The Labute approximate surface area is 103 Å². The van der Waals surface area contributed by atoms with Crippen LogP contribution < -0.4 is 0 Å². The number of benzene rings is 1. The summed E-state index contributed by atoms with van der Waals surface area (Å²) in [6, 6.07) is 10.8. The van der Waals surface area contributed by atoms with Crippen molar-refractivity contribution in [1.29, 1.82) is 0 Å². The Morgan fingerprint density at radius 1 is 1.38 bits per heavy atom. The SMILES string of the molecule is [Y].[c-]1ccccc1C1=NCCCO1. The largest absolute Gasteiger partial charge is 0.520 e. The number of hydrogen-bond donors (Lipinski definition) is 0. The van der Waals surface area contributed by atoms with Gasteiger partial charge in [0, 0.05) is 39.3 Å². The van der Waals surface area contributed by atoms with Crippen LogP contribution in [0.1, 0.15) is 12.0 Å². The van der Waals surface area contributed by atoms with Crippen LogP contribution in [0.2, 0.25) is 0 Å². The standard InChI is InChI=1S/C10H10NO.Y/c1-2-5-9(6-3-1)10-11-7-4-8-12-10;/h1-3,5H,4,7-8H2;/q-1;. The van der Waals surface area contributed by atoms with E-state index >= 15 is 0 Å². The summed E-state index contributed by atoms with van der Waals surface area (Å²) in [6.45, 7) is 1.65. The van der Waals surface area contributed by atoms with Gasteiger partial charge in [0.15, 0.2) is 0 Å². The van der Waals surface area contributed by atoms with Crippen molar-refractivity contribution in [1.82, 2.24) is 0 Å². The van der Waals surface area contributed by atoms with E-state index in [4.69, 9.17) is 4.74 Å². The molecule has 1 aliphatic rings. The maximum Gasteiger partial charge on any atom is 0.129 e. The Morgan fingerprint density at radius 2 is 2.31 bits per heavy atom. The Bertz CT molecular complexity index is 284. The van der Waals surface area contributed by atoms with Crippen molar-refractivity contribution in [3.63, 3.8) is 0 Å². The molecule has 0 spiro atoms.